The van der Waals surface area contributed by atoms with Crippen LogP contribution in [0.2, 0.25) is 0 Å². The van der Waals surface area contributed by atoms with Crippen molar-refractivity contribution in [3.05, 3.63) is 0 Å². The zero-order chi connectivity index (χ0) is 13.1. The molecule has 0 saturated heterocycles. The summed E-state index contributed by atoms with van der Waals surface area (Å²) >= 11 is 1.53. The van der Waals surface area contributed by atoms with Crippen LogP contribution in [0.3, 0.4) is 0 Å². The Bertz CT molecular complexity index is 237. The minimum Gasteiger partial charge on any atom is -0.469 e. The first-order valence-electron chi connectivity index (χ1n) is 5.77. The SMILES string of the molecule is CCC(N)CSCC(=O)NCCCC(=O)OC. The van der Waals surface area contributed by atoms with Crippen LogP contribution in [0.4, 0.5) is 0 Å². The summed E-state index contributed by atoms with van der Waals surface area (Å²) in [5, 5.41) is 2.75. The molecule has 1 atom stereocenters. The van der Waals surface area contributed by atoms with E-state index in [-0.39, 0.29) is 17.9 Å². The molecule has 1 unspecified atom stereocenters. The molecule has 0 aromatic heterocycles. The van der Waals surface area contributed by atoms with E-state index >= 15 is 0 Å². The van der Waals surface area contributed by atoms with Gasteiger partial charge in [-0.1, -0.05) is 6.92 Å². The minimum absolute atomic E-state index is 0.0110. The number of ether oxygens (including phenoxy) is 1. The first-order chi connectivity index (χ1) is 8.10. The van der Waals surface area contributed by atoms with Crippen LogP contribution in [0.15, 0.2) is 0 Å². The Balaban J connectivity index is 3.38. The highest BCUT2D eigenvalue weighted by molar-refractivity contribution is 7.99. The van der Waals surface area contributed by atoms with Gasteiger partial charge in [-0.2, -0.15) is 11.8 Å². The van der Waals surface area contributed by atoms with Crippen molar-refractivity contribution >= 4 is 23.6 Å². The second-order valence-electron chi connectivity index (χ2n) is 3.71. The molecule has 0 aromatic rings. The molecule has 6 heteroatoms. The van der Waals surface area contributed by atoms with Gasteiger partial charge in [-0.25, -0.2) is 0 Å². The Morgan fingerprint density at radius 2 is 2.18 bits per heavy atom. The predicted octanol–water partition coefficient (Wildman–Crippen LogP) is 0.526. The Morgan fingerprint density at radius 3 is 2.76 bits per heavy atom. The number of hydrogen-bond acceptors (Lipinski definition) is 5. The third-order valence-corrected chi connectivity index (χ3v) is 3.33. The minimum atomic E-state index is -0.248. The normalized spacial score (nSPS) is 11.9. The summed E-state index contributed by atoms with van der Waals surface area (Å²) in [5.74, 6) is 0.962. The van der Waals surface area contributed by atoms with Crippen molar-refractivity contribution in [1.82, 2.24) is 5.32 Å². The largest absolute Gasteiger partial charge is 0.469 e. The Hall–Kier alpha value is -0.750. The quantitative estimate of drug-likeness (QED) is 0.468. The first kappa shape index (κ1) is 16.2. The molecule has 0 radical (unpaired) electrons. The zero-order valence-corrected chi connectivity index (χ0v) is 11.3. The predicted molar refractivity (Wildman–Crippen MR) is 69.9 cm³/mol. The molecule has 0 aliphatic heterocycles. The lowest BCUT2D eigenvalue weighted by Crippen LogP contribution is -2.28. The van der Waals surface area contributed by atoms with Gasteiger partial charge in [-0.15, -0.1) is 0 Å². The van der Waals surface area contributed by atoms with Gasteiger partial charge in [0, 0.05) is 24.8 Å². The summed E-state index contributed by atoms with van der Waals surface area (Å²) in [4.78, 5) is 22.1. The average molecular weight is 262 g/mol. The second kappa shape index (κ2) is 10.4. The van der Waals surface area contributed by atoms with Crippen molar-refractivity contribution in [2.45, 2.75) is 32.2 Å². The molecule has 100 valence electrons. The number of carbonyl (C=O) groups excluding carboxylic acids is 2. The van der Waals surface area contributed by atoms with Gasteiger partial charge >= 0.3 is 5.97 Å². The highest BCUT2D eigenvalue weighted by Crippen LogP contribution is 2.03. The lowest BCUT2D eigenvalue weighted by molar-refractivity contribution is -0.140. The van der Waals surface area contributed by atoms with Gasteiger partial charge in [0.05, 0.1) is 12.9 Å². The van der Waals surface area contributed by atoms with Gasteiger partial charge in [0.25, 0.3) is 0 Å². The molecule has 0 fully saturated rings. The topological polar surface area (TPSA) is 81.4 Å². The van der Waals surface area contributed by atoms with Crippen LogP contribution in [0.1, 0.15) is 26.2 Å². The maximum Gasteiger partial charge on any atom is 0.305 e. The number of rotatable bonds is 9. The van der Waals surface area contributed by atoms with Crippen molar-refractivity contribution in [3.8, 4) is 0 Å². The maximum absolute atomic E-state index is 11.3. The summed E-state index contributed by atoms with van der Waals surface area (Å²) in [5.41, 5.74) is 5.73. The fraction of sp³-hybridized carbons (Fsp3) is 0.818. The number of nitrogens with one attached hydrogen (secondary N) is 1. The third kappa shape index (κ3) is 10.1. The van der Waals surface area contributed by atoms with Gasteiger partial charge < -0.3 is 15.8 Å². The number of nitrogens with two attached hydrogens (primary N) is 1. The van der Waals surface area contributed by atoms with E-state index < -0.39 is 0 Å². The van der Waals surface area contributed by atoms with E-state index in [1.54, 1.807) is 0 Å². The lowest BCUT2D eigenvalue weighted by Gasteiger charge is -2.08. The molecule has 0 spiro atoms. The summed E-state index contributed by atoms with van der Waals surface area (Å²) in [7, 11) is 1.36. The Labute approximate surface area is 107 Å². The van der Waals surface area contributed by atoms with E-state index in [1.165, 1.54) is 18.9 Å². The standard InChI is InChI=1S/C11H22N2O3S/c1-3-9(12)7-17-8-10(14)13-6-4-5-11(15)16-2/h9H,3-8,12H2,1-2H3,(H,13,14). The zero-order valence-electron chi connectivity index (χ0n) is 10.5. The van der Waals surface area contributed by atoms with Gasteiger partial charge in [0.15, 0.2) is 0 Å². The summed E-state index contributed by atoms with van der Waals surface area (Å²) in [6.45, 7) is 2.53. The van der Waals surface area contributed by atoms with Gasteiger partial charge in [0.2, 0.25) is 5.91 Å². The third-order valence-electron chi connectivity index (χ3n) is 2.20. The van der Waals surface area contributed by atoms with Gasteiger partial charge in [-0.3, -0.25) is 9.59 Å². The van der Waals surface area contributed by atoms with Crippen LogP contribution < -0.4 is 11.1 Å². The molecule has 0 aromatic carbocycles. The van der Waals surface area contributed by atoms with E-state index in [2.05, 4.69) is 10.1 Å². The number of esters is 1. The fourth-order valence-electron chi connectivity index (χ4n) is 1.03. The molecule has 3 N–H and O–H groups in total. The molecular formula is C11H22N2O3S. The van der Waals surface area contributed by atoms with Gasteiger partial charge in [0.1, 0.15) is 0 Å². The van der Waals surface area contributed by atoms with E-state index in [9.17, 15) is 9.59 Å². The summed E-state index contributed by atoms with van der Waals surface area (Å²) < 4.78 is 4.49. The van der Waals surface area contributed by atoms with E-state index in [0.717, 1.165) is 12.2 Å². The van der Waals surface area contributed by atoms with E-state index in [1.807, 2.05) is 6.92 Å². The molecule has 0 aliphatic rings. The summed E-state index contributed by atoms with van der Waals surface area (Å²) in [6.07, 6.45) is 1.87. The van der Waals surface area contributed by atoms with E-state index in [4.69, 9.17) is 5.73 Å². The highest BCUT2D eigenvalue weighted by Gasteiger charge is 2.04. The molecule has 0 aliphatic carbocycles. The number of methoxy groups -OCH3 is 1. The van der Waals surface area contributed by atoms with Crippen LogP contribution in [-0.2, 0) is 14.3 Å². The Morgan fingerprint density at radius 1 is 1.47 bits per heavy atom. The average Bonchev–Trinajstić information content (AvgIpc) is 2.33. The van der Waals surface area contributed by atoms with Crippen LogP contribution >= 0.6 is 11.8 Å². The Kier molecular flexibility index (Phi) is 9.95. The molecule has 5 nitrogen and oxygen atoms in total. The lowest BCUT2D eigenvalue weighted by atomic mass is 10.3. The smallest absolute Gasteiger partial charge is 0.305 e. The number of carbonyl (C=O) groups is 2. The van der Waals surface area contributed by atoms with Crippen molar-refractivity contribution in [1.29, 1.82) is 0 Å². The summed E-state index contributed by atoms with van der Waals surface area (Å²) in [6, 6.07) is 0.159. The monoisotopic (exact) mass is 262 g/mol. The van der Waals surface area contributed by atoms with Crippen LogP contribution in [0.5, 0.6) is 0 Å². The number of amides is 1. The molecule has 0 saturated carbocycles. The second-order valence-corrected chi connectivity index (χ2v) is 4.74. The first-order valence-corrected chi connectivity index (χ1v) is 6.92. The molecule has 0 rings (SSSR count). The van der Waals surface area contributed by atoms with Gasteiger partial charge in [-0.05, 0) is 12.8 Å². The molecule has 0 bridgehead atoms. The molecule has 1 amide bonds. The number of thioether (sulfide) groups is 1. The van der Waals surface area contributed by atoms with E-state index in [0.29, 0.717) is 25.1 Å². The van der Waals surface area contributed by atoms with Crippen molar-refractivity contribution in [2.24, 2.45) is 5.73 Å². The van der Waals surface area contributed by atoms with Crippen LogP contribution in [0, 0.1) is 0 Å². The molecular weight excluding hydrogens is 240 g/mol. The molecule has 17 heavy (non-hydrogen) atoms. The van der Waals surface area contributed by atoms with Crippen LogP contribution in [-0.4, -0.2) is 43.1 Å². The van der Waals surface area contributed by atoms with Crippen molar-refractivity contribution in [3.63, 3.8) is 0 Å². The van der Waals surface area contributed by atoms with Crippen molar-refractivity contribution < 1.29 is 14.3 Å². The van der Waals surface area contributed by atoms with Crippen LogP contribution in [0.25, 0.3) is 0 Å². The number of hydrogen-bond donors (Lipinski definition) is 2. The molecule has 0 heterocycles. The maximum atomic E-state index is 11.3. The highest BCUT2D eigenvalue weighted by atomic mass is 32.2. The fourth-order valence-corrected chi connectivity index (χ4v) is 1.98. The van der Waals surface area contributed by atoms with Crippen molar-refractivity contribution in [2.75, 3.05) is 25.2 Å².